The van der Waals surface area contributed by atoms with Crippen LogP contribution in [0.1, 0.15) is 16.8 Å². The van der Waals surface area contributed by atoms with Gasteiger partial charge in [0.1, 0.15) is 5.75 Å². The van der Waals surface area contributed by atoms with Gasteiger partial charge in [0.2, 0.25) is 0 Å². The highest BCUT2D eigenvalue weighted by molar-refractivity contribution is 7.22. The number of para-hydroxylation sites is 1. The molecule has 0 amide bonds. The van der Waals surface area contributed by atoms with Gasteiger partial charge in [0.25, 0.3) is 0 Å². The summed E-state index contributed by atoms with van der Waals surface area (Å²) < 4.78 is 10.9. The quantitative estimate of drug-likeness (QED) is 0.488. The Balaban J connectivity index is 1.74. The zero-order valence-corrected chi connectivity index (χ0v) is 15.3. The van der Waals surface area contributed by atoms with Crippen molar-refractivity contribution in [2.24, 2.45) is 0 Å². The molecule has 0 saturated carbocycles. The van der Waals surface area contributed by atoms with Gasteiger partial charge in [-0.1, -0.05) is 29.5 Å². The van der Waals surface area contributed by atoms with Crippen LogP contribution in [0.15, 0.2) is 48.5 Å². The van der Waals surface area contributed by atoms with Gasteiger partial charge in [-0.05, 0) is 30.3 Å². The lowest BCUT2D eigenvalue weighted by Crippen LogP contribution is -2.21. The van der Waals surface area contributed by atoms with Gasteiger partial charge in [-0.3, -0.25) is 4.79 Å². The number of benzene rings is 2. The summed E-state index contributed by atoms with van der Waals surface area (Å²) in [6.07, 6.45) is 0.289. The molecule has 134 valence electrons. The van der Waals surface area contributed by atoms with Crippen LogP contribution in [0.4, 0.5) is 5.13 Å². The van der Waals surface area contributed by atoms with E-state index in [9.17, 15) is 9.59 Å². The van der Waals surface area contributed by atoms with E-state index in [1.807, 2.05) is 30.1 Å². The maximum atomic E-state index is 12.3. The van der Waals surface area contributed by atoms with Crippen molar-refractivity contribution in [3.63, 3.8) is 0 Å². The fourth-order valence-electron chi connectivity index (χ4n) is 2.31. The Labute approximate surface area is 155 Å². The van der Waals surface area contributed by atoms with Crippen LogP contribution in [0.3, 0.4) is 0 Å². The predicted octanol–water partition coefficient (Wildman–Crippen LogP) is 3.51. The number of thiazole rings is 1. The molecular weight excluding hydrogens is 352 g/mol. The van der Waals surface area contributed by atoms with Crippen LogP contribution in [0.25, 0.3) is 10.2 Å². The number of ether oxygens (including phenoxy) is 2. The maximum absolute atomic E-state index is 12.3. The topological polar surface area (TPSA) is 68.7 Å². The molecule has 0 radical (unpaired) electrons. The number of hydrogen-bond acceptors (Lipinski definition) is 7. The molecule has 1 heterocycles. The second-order valence-corrected chi connectivity index (χ2v) is 6.64. The van der Waals surface area contributed by atoms with Gasteiger partial charge in [-0.15, -0.1) is 0 Å². The highest BCUT2D eigenvalue weighted by Crippen LogP contribution is 2.29. The van der Waals surface area contributed by atoms with E-state index in [1.165, 1.54) is 18.4 Å². The Bertz CT molecular complexity index is 924. The van der Waals surface area contributed by atoms with Gasteiger partial charge in [0, 0.05) is 13.6 Å². The molecule has 0 fully saturated rings. The lowest BCUT2D eigenvalue weighted by Gasteiger charge is -2.14. The van der Waals surface area contributed by atoms with Crippen molar-refractivity contribution in [3.05, 3.63) is 54.1 Å². The molecule has 0 saturated heterocycles. The molecule has 0 bridgehead atoms. The van der Waals surface area contributed by atoms with Crippen molar-refractivity contribution < 1.29 is 19.1 Å². The minimum Gasteiger partial charge on any atom is -0.469 e. The predicted molar refractivity (Wildman–Crippen MR) is 101 cm³/mol. The lowest BCUT2D eigenvalue weighted by atomic mass is 10.2. The second-order valence-electron chi connectivity index (χ2n) is 5.63. The molecule has 0 atom stereocenters. The fraction of sp³-hybridized carbons (Fsp3) is 0.211. The van der Waals surface area contributed by atoms with Gasteiger partial charge < -0.3 is 14.4 Å². The molecule has 1 aromatic heterocycles. The first kappa shape index (κ1) is 17.9. The first-order chi connectivity index (χ1) is 12.6. The van der Waals surface area contributed by atoms with Crippen LogP contribution in [0.2, 0.25) is 0 Å². The second kappa shape index (κ2) is 7.97. The van der Waals surface area contributed by atoms with Gasteiger partial charge in [0.15, 0.2) is 5.13 Å². The summed E-state index contributed by atoms with van der Waals surface area (Å²) in [6.45, 7) is 0.509. The molecule has 0 unspecified atom stereocenters. The normalized spacial score (nSPS) is 10.5. The molecule has 26 heavy (non-hydrogen) atoms. The van der Waals surface area contributed by atoms with Crippen molar-refractivity contribution in [2.75, 3.05) is 25.6 Å². The summed E-state index contributed by atoms with van der Waals surface area (Å²) in [4.78, 5) is 30.0. The smallest absolute Gasteiger partial charge is 0.343 e. The minimum absolute atomic E-state index is 0.260. The molecule has 0 aliphatic carbocycles. The lowest BCUT2D eigenvalue weighted by molar-refractivity contribution is -0.140. The molecule has 7 heteroatoms. The number of carbonyl (C=O) groups is 2. The van der Waals surface area contributed by atoms with E-state index in [0.29, 0.717) is 17.9 Å². The number of esters is 2. The molecule has 6 nitrogen and oxygen atoms in total. The Kier molecular flexibility index (Phi) is 5.48. The fourth-order valence-corrected chi connectivity index (χ4v) is 3.31. The van der Waals surface area contributed by atoms with Crippen LogP contribution in [0.5, 0.6) is 5.75 Å². The van der Waals surface area contributed by atoms with E-state index in [0.717, 1.165) is 15.3 Å². The zero-order chi connectivity index (χ0) is 18.5. The Morgan fingerprint density at radius 1 is 1.15 bits per heavy atom. The number of fused-ring (bicyclic) bond motifs is 1. The number of rotatable bonds is 6. The van der Waals surface area contributed by atoms with Crippen LogP contribution < -0.4 is 9.64 Å². The Morgan fingerprint density at radius 3 is 2.65 bits per heavy atom. The third kappa shape index (κ3) is 4.18. The van der Waals surface area contributed by atoms with Crippen LogP contribution >= 0.6 is 11.3 Å². The number of aromatic nitrogens is 1. The zero-order valence-electron chi connectivity index (χ0n) is 14.5. The number of nitrogens with zero attached hydrogens (tertiary/aromatic N) is 2. The van der Waals surface area contributed by atoms with Gasteiger partial charge in [0.05, 0.1) is 29.3 Å². The standard InChI is InChI=1S/C19H18N2O4S/c1-21(11-10-17(22)24-2)19-20-15-9-8-13(12-16(15)26-19)18(23)25-14-6-4-3-5-7-14/h3-9,12H,10-11H2,1-2H3. The average molecular weight is 370 g/mol. The summed E-state index contributed by atoms with van der Waals surface area (Å²) in [5.74, 6) is -0.166. The van der Waals surface area contributed by atoms with Crippen LogP contribution in [0, 0.1) is 0 Å². The highest BCUT2D eigenvalue weighted by atomic mass is 32.1. The van der Waals surface area contributed by atoms with E-state index >= 15 is 0 Å². The third-order valence-electron chi connectivity index (χ3n) is 3.77. The van der Waals surface area contributed by atoms with Crippen molar-refractivity contribution >= 4 is 38.6 Å². The minimum atomic E-state index is -0.410. The average Bonchev–Trinajstić information content (AvgIpc) is 3.10. The van der Waals surface area contributed by atoms with E-state index in [2.05, 4.69) is 9.72 Å². The molecule has 0 N–H and O–H groups in total. The SMILES string of the molecule is COC(=O)CCN(C)c1nc2ccc(C(=O)Oc3ccccc3)cc2s1. The first-order valence-corrected chi connectivity index (χ1v) is 8.84. The number of methoxy groups -OCH3 is 1. The Hall–Kier alpha value is -2.93. The Morgan fingerprint density at radius 2 is 1.92 bits per heavy atom. The van der Waals surface area contributed by atoms with Gasteiger partial charge >= 0.3 is 11.9 Å². The number of carbonyl (C=O) groups excluding carboxylic acids is 2. The van der Waals surface area contributed by atoms with Crippen molar-refractivity contribution in [1.82, 2.24) is 4.98 Å². The number of anilines is 1. The largest absolute Gasteiger partial charge is 0.469 e. The summed E-state index contributed by atoms with van der Waals surface area (Å²) in [5, 5.41) is 0.775. The van der Waals surface area contributed by atoms with Crippen LogP contribution in [-0.4, -0.2) is 37.6 Å². The van der Waals surface area contributed by atoms with Crippen molar-refractivity contribution in [3.8, 4) is 5.75 Å². The van der Waals surface area contributed by atoms with E-state index < -0.39 is 5.97 Å². The number of hydrogen-bond donors (Lipinski definition) is 0. The summed E-state index contributed by atoms with van der Waals surface area (Å²) >= 11 is 1.46. The van der Waals surface area contributed by atoms with E-state index in [4.69, 9.17) is 4.74 Å². The summed E-state index contributed by atoms with van der Waals surface area (Å²) in [7, 11) is 3.24. The van der Waals surface area contributed by atoms with E-state index in [1.54, 1.807) is 30.3 Å². The molecular formula is C19H18N2O4S. The van der Waals surface area contributed by atoms with Gasteiger partial charge in [-0.25, -0.2) is 9.78 Å². The molecule has 0 spiro atoms. The molecule has 3 aromatic rings. The summed E-state index contributed by atoms with van der Waals surface area (Å²) in [6, 6.07) is 14.2. The molecule has 0 aliphatic rings. The van der Waals surface area contributed by atoms with Gasteiger partial charge in [-0.2, -0.15) is 0 Å². The summed E-state index contributed by atoms with van der Waals surface area (Å²) in [5.41, 5.74) is 1.26. The monoisotopic (exact) mass is 370 g/mol. The van der Waals surface area contributed by atoms with Crippen molar-refractivity contribution in [2.45, 2.75) is 6.42 Å². The first-order valence-electron chi connectivity index (χ1n) is 8.02. The molecule has 3 rings (SSSR count). The molecule has 2 aromatic carbocycles. The van der Waals surface area contributed by atoms with Crippen molar-refractivity contribution in [1.29, 1.82) is 0 Å². The third-order valence-corrected chi connectivity index (χ3v) is 4.90. The maximum Gasteiger partial charge on any atom is 0.343 e. The highest BCUT2D eigenvalue weighted by Gasteiger charge is 2.14. The van der Waals surface area contributed by atoms with E-state index in [-0.39, 0.29) is 12.4 Å². The van der Waals surface area contributed by atoms with Crippen LogP contribution in [-0.2, 0) is 9.53 Å². The molecule has 0 aliphatic heterocycles.